The van der Waals surface area contributed by atoms with E-state index in [-0.39, 0.29) is 23.4 Å². The fraction of sp³-hybridized carbons (Fsp3) is 0.680. The molecule has 202 valence electrons. The normalized spacial score (nSPS) is 19.3. The van der Waals surface area contributed by atoms with E-state index >= 15 is 0 Å². The van der Waals surface area contributed by atoms with Crippen molar-refractivity contribution in [2.24, 2.45) is 17.6 Å². The number of hydrogen-bond acceptors (Lipinski definition) is 8. The minimum absolute atomic E-state index is 0.0655. The van der Waals surface area contributed by atoms with Crippen LogP contribution in [-0.2, 0) is 35.5 Å². The quantitative estimate of drug-likeness (QED) is 0.276. The number of anilines is 1. The van der Waals surface area contributed by atoms with Crippen LogP contribution in [0.5, 0.6) is 0 Å². The van der Waals surface area contributed by atoms with Crippen molar-refractivity contribution in [1.82, 2.24) is 9.62 Å². The first kappa shape index (κ1) is 28.4. The van der Waals surface area contributed by atoms with Crippen LogP contribution in [0.3, 0.4) is 0 Å². The molecule has 11 heteroatoms. The number of rotatable bonds is 12. The third-order valence-corrected chi connectivity index (χ3v) is 8.24. The predicted octanol–water partition coefficient (Wildman–Crippen LogP) is 1.49. The van der Waals surface area contributed by atoms with Crippen molar-refractivity contribution in [2.45, 2.75) is 56.9 Å². The summed E-state index contributed by atoms with van der Waals surface area (Å²) in [6.45, 7) is 6.34. The van der Waals surface area contributed by atoms with Gasteiger partial charge in [0.2, 0.25) is 15.9 Å². The number of ether oxygens (including phenoxy) is 2. The van der Waals surface area contributed by atoms with Crippen molar-refractivity contribution < 1.29 is 27.5 Å². The SMILES string of the molecule is CC(=O)OCCC1CCN(C(=O)C(COCCCN)NS(=O)(=O)c2cccc3c2NC[C@@H](C)C3)CC1. The molecule has 0 radical (unpaired) electrons. The first-order valence-corrected chi connectivity index (χ1v) is 14.3. The molecule has 0 aromatic heterocycles. The lowest BCUT2D eigenvalue weighted by Gasteiger charge is -2.34. The van der Waals surface area contributed by atoms with Crippen molar-refractivity contribution in [2.75, 3.05) is 51.3 Å². The monoisotopic (exact) mass is 524 g/mol. The molecule has 2 aliphatic heterocycles. The number of amides is 1. The third kappa shape index (κ3) is 7.89. The van der Waals surface area contributed by atoms with E-state index in [0.29, 0.717) is 63.3 Å². The van der Waals surface area contributed by atoms with Crippen LogP contribution in [0.1, 0.15) is 45.1 Å². The van der Waals surface area contributed by atoms with Crippen LogP contribution >= 0.6 is 0 Å². The maximum atomic E-state index is 13.5. The first-order valence-electron chi connectivity index (χ1n) is 12.8. The number of sulfonamides is 1. The second kappa shape index (κ2) is 13.4. The average Bonchev–Trinajstić information content (AvgIpc) is 2.85. The number of para-hydroxylation sites is 1. The highest BCUT2D eigenvalue weighted by molar-refractivity contribution is 7.89. The maximum Gasteiger partial charge on any atom is 0.302 e. The van der Waals surface area contributed by atoms with E-state index in [1.54, 1.807) is 17.0 Å². The molecule has 1 unspecified atom stereocenters. The van der Waals surface area contributed by atoms with Crippen molar-refractivity contribution >= 4 is 27.6 Å². The van der Waals surface area contributed by atoms with E-state index in [1.165, 1.54) is 6.92 Å². The molecule has 0 aliphatic carbocycles. The Bertz CT molecular complexity index is 994. The highest BCUT2D eigenvalue weighted by atomic mass is 32.2. The zero-order valence-corrected chi connectivity index (χ0v) is 22.1. The number of fused-ring (bicyclic) bond motifs is 1. The molecule has 0 bridgehead atoms. The van der Waals surface area contributed by atoms with E-state index in [4.69, 9.17) is 15.2 Å². The molecule has 1 amide bonds. The number of nitrogens with one attached hydrogen (secondary N) is 2. The molecule has 2 atom stereocenters. The summed E-state index contributed by atoms with van der Waals surface area (Å²) >= 11 is 0. The molecule has 1 aromatic carbocycles. The van der Waals surface area contributed by atoms with E-state index in [0.717, 1.165) is 31.2 Å². The van der Waals surface area contributed by atoms with Crippen molar-refractivity contribution in [3.63, 3.8) is 0 Å². The first-order chi connectivity index (χ1) is 17.2. The molecule has 1 aromatic rings. The van der Waals surface area contributed by atoms with E-state index < -0.39 is 16.1 Å². The molecule has 4 N–H and O–H groups in total. The number of hydrogen-bond donors (Lipinski definition) is 3. The Morgan fingerprint density at radius 1 is 1.25 bits per heavy atom. The van der Waals surface area contributed by atoms with Crippen LogP contribution in [-0.4, -0.2) is 77.2 Å². The number of nitrogens with zero attached hydrogens (tertiary/aromatic N) is 1. The summed E-state index contributed by atoms with van der Waals surface area (Å²) in [5, 5.41) is 3.25. The van der Waals surface area contributed by atoms with Crippen molar-refractivity contribution in [1.29, 1.82) is 0 Å². The van der Waals surface area contributed by atoms with Gasteiger partial charge in [0.05, 0.1) is 18.9 Å². The van der Waals surface area contributed by atoms with E-state index in [9.17, 15) is 18.0 Å². The molecule has 36 heavy (non-hydrogen) atoms. The van der Waals surface area contributed by atoms with Gasteiger partial charge in [-0.05, 0) is 62.1 Å². The summed E-state index contributed by atoms with van der Waals surface area (Å²) in [4.78, 5) is 26.3. The molecular weight excluding hydrogens is 484 g/mol. The largest absolute Gasteiger partial charge is 0.466 e. The summed E-state index contributed by atoms with van der Waals surface area (Å²) < 4.78 is 40.2. The second-order valence-corrected chi connectivity index (χ2v) is 11.5. The van der Waals surface area contributed by atoms with Crippen LogP contribution in [0.15, 0.2) is 23.1 Å². The third-order valence-electron chi connectivity index (χ3n) is 6.73. The Hall–Kier alpha value is -2.21. The molecule has 1 saturated heterocycles. The highest BCUT2D eigenvalue weighted by Gasteiger charge is 2.33. The van der Waals surface area contributed by atoms with Gasteiger partial charge in [0.15, 0.2) is 0 Å². The fourth-order valence-electron chi connectivity index (χ4n) is 4.72. The molecule has 2 heterocycles. The van der Waals surface area contributed by atoms with Gasteiger partial charge in [0.25, 0.3) is 0 Å². The number of carbonyl (C=O) groups excluding carboxylic acids is 2. The predicted molar refractivity (Wildman–Crippen MR) is 137 cm³/mol. The number of esters is 1. The minimum Gasteiger partial charge on any atom is -0.466 e. The van der Waals surface area contributed by atoms with Gasteiger partial charge in [0, 0.05) is 33.2 Å². The zero-order chi connectivity index (χ0) is 26.1. The van der Waals surface area contributed by atoms with Crippen LogP contribution in [0.25, 0.3) is 0 Å². The van der Waals surface area contributed by atoms with E-state index in [1.807, 2.05) is 6.07 Å². The summed E-state index contributed by atoms with van der Waals surface area (Å²) in [6, 6.07) is 4.20. The van der Waals surface area contributed by atoms with Crippen LogP contribution in [0.4, 0.5) is 5.69 Å². The Balaban J connectivity index is 1.69. The molecule has 10 nitrogen and oxygen atoms in total. The van der Waals surface area contributed by atoms with Gasteiger partial charge >= 0.3 is 5.97 Å². The Kier molecular flexibility index (Phi) is 10.5. The number of benzene rings is 1. The van der Waals surface area contributed by atoms with Crippen LogP contribution < -0.4 is 15.8 Å². The molecule has 1 fully saturated rings. The lowest BCUT2D eigenvalue weighted by atomic mass is 9.93. The standard InChI is InChI=1S/C25H40N4O6S/c1-18-15-21-5-3-6-23(24(21)27-16-18)36(32,33)28-22(17-34-13-4-10-26)25(31)29-11-7-20(8-12-29)9-14-35-19(2)30/h3,5-6,18,20,22,27-28H,4,7-17,26H2,1-2H3/t18-,22?/m0/s1. The van der Waals surface area contributed by atoms with Gasteiger partial charge in [-0.25, -0.2) is 8.42 Å². The summed E-state index contributed by atoms with van der Waals surface area (Å²) in [6.07, 6.45) is 3.71. The fourth-order valence-corrected chi connectivity index (χ4v) is 6.12. The Labute approximate surface area is 214 Å². The number of nitrogens with two attached hydrogens (primary N) is 1. The Morgan fingerprint density at radius 2 is 2.00 bits per heavy atom. The summed E-state index contributed by atoms with van der Waals surface area (Å²) in [5.74, 6) is 0.173. The lowest BCUT2D eigenvalue weighted by molar-refractivity contribution is -0.141. The average molecular weight is 525 g/mol. The molecule has 0 saturated carbocycles. The number of carbonyl (C=O) groups is 2. The van der Waals surface area contributed by atoms with Gasteiger partial charge in [-0.1, -0.05) is 19.1 Å². The van der Waals surface area contributed by atoms with Gasteiger partial charge < -0.3 is 25.4 Å². The molecule has 2 aliphatic rings. The summed E-state index contributed by atoms with van der Waals surface area (Å²) in [5.41, 5.74) is 7.09. The molecule has 0 spiro atoms. The Morgan fingerprint density at radius 3 is 2.69 bits per heavy atom. The number of piperidine rings is 1. The van der Waals surface area contributed by atoms with Crippen molar-refractivity contribution in [3.05, 3.63) is 23.8 Å². The zero-order valence-electron chi connectivity index (χ0n) is 21.3. The molecule has 3 rings (SSSR count). The smallest absolute Gasteiger partial charge is 0.302 e. The van der Waals surface area contributed by atoms with Gasteiger partial charge in [-0.3, -0.25) is 9.59 Å². The van der Waals surface area contributed by atoms with Gasteiger partial charge in [0.1, 0.15) is 10.9 Å². The number of likely N-dealkylation sites (tertiary alicyclic amines) is 1. The molecular formula is C25H40N4O6S. The highest BCUT2D eigenvalue weighted by Crippen LogP contribution is 2.31. The van der Waals surface area contributed by atoms with Crippen LogP contribution in [0, 0.1) is 11.8 Å². The van der Waals surface area contributed by atoms with Crippen molar-refractivity contribution in [3.8, 4) is 0 Å². The minimum atomic E-state index is -3.99. The van der Waals surface area contributed by atoms with Crippen LogP contribution in [0.2, 0.25) is 0 Å². The van der Waals surface area contributed by atoms with Gasteiger partial charge in [-0.15, -0.1) is 0 Å². The second-order valence-electron chi connectivity index (χ2n) is 9.77. The van der Waals surface area contributed by atoms with Gasteiger partial charge in [-0.2, -0.15) is 4.72 Å². The van der Waals surface area contributed by atoms with E-state index in [2.05, 4.69) is 17.0 Å². The lowest BCUT2D eigenvalue weighted by Crippen LogP contribution is -2.52. The maximum absolute atomic E-state index is 13.5. The topological polar surface area (TPSA) is 140 Å². The summed E-state index contributed by atoms with van der Waals surface area (Å²) in [7, 11) is -3.99.